The lowest BCUT2D eigenvalue weighted by molar-refractivity contribution is -0.673. The van der Waals surface area contributed by atoms with Crippen LogP contribution in [0.15, 0.2) is 42.6 Å². The smallest absolute Gasteiger partial charge is 0.316 e. The van der Waals surface area contributed by atoms with Gasteiger partial charge in [0.1, 0.15) is 7.05 Å². The highest BCUT2D eigenvalue weighted by atomic mass is 16.5. The summed E-state index contributed by atoms with van der Waals surface area (Å²) in [6.07, 6.45) is 14.9. The Morgan fingerprint density at radius 3 is 2.24 bits per heavy atom. The van der Waals surface area contributed by atoms with E-state index in [1.165, 1.54) is 57.8 Å². The maximum Gasteiger partial charge on any atom is 0.316 e. The molecule has 0 spiro atoms. The van der Waals surface area contributed by atoms with Crippen LogP contribution in [0.5, 0.6) is 11.5 Å². The number of carbonyl (C=O) groups is 1. The van der Waals surface area contributed by atoms with Gasteiger partial charge in [-0.15, -0.1) is 0 Å². The number of carbonyl (C=O) groups excluding carboxylic acids is 1. The molecule has 1 unspecified atom stereocenters. The summed E-state index contributed by atoms with van der Waals surface area (Å²) in [7, 11) is 3.52. The summed E-state index contributed by atoms with van der Waals surface area (Å²) in [5, 5.41) is 3.06. The first-order valence-electron chi connectivity index (χ1n) is 12.6. The first kappa shape index (κ1) is 26.7. The number of hydrogen-bond donors (Lipinski definition) is 1. The summed E-state index contributed by atoms with van der Waals surface area (Å²) in [5.41, 5.74) is 1.60. The highest BCUT2D eigenvalue weighted by Gasteiger charge is 2.19. The fourth-order valence-corrected chi connectivity index (χ4v) is 3.96. The molecule has 0 aliphatic carbocycles. The molecular formula is C28H43N2O3+. The number of ether oxygens (including phenoxy) is 2. The monoisotopic (exact) mass is 455 g/mol. The van der Waals surface area contributed by atoms with Crippen molar-refractivity contribution in [2.75, 3.05) is 13.7 Å². The van der Waals surface area contributed by atoms with Gasteiger partial charge in [0.15, 0.2) is 17.7 Å². The molecule has 1 heterocycles. The van der Waals surface area contributed by atoms with Crippen molar-refractivity contribution in [3.63, 3.8) is 0 Å². The van der Waals surface area contributed by atoms with Crippen LogP contribution >= 0.6 is 0 Å². The third kappa shape index (κ3) is 9.45. The number of nitrogens with one attached hydrogen (secondary N) is 1. The molecule has 0 bridgehead atoms. The van der Waals surface area contributed by atoms with E-state index in [1.807, 2.05) is 61.1 Å². The van der Waals surface area contributed by atoms with Crippen molar-refractivity contribution in [2.24, 2.45) is 7.05 Å². The van der Waals surface area contributed by atoms with E-state index in [2.05, 4.69) is 12.2 Å². The molecular weight excluding hydrogens is 412 g/mol. The highest BCUT2D eigenvalue weighted by molar-refractivity contribution is 5.91. The Morgan fingerprint density at radius 2 is 1.61 bits per heavy atom. The second-order valence-electron chi connectivity index (χ2n) is 8.83. The molecule has 182 valence electrons. The van der Waals surface area contributed by atoms with Gasteiger partial charge < -0.3 is 14.8 Å². The average Bonchev–Trinajstić information content (AvgIpc) is 2.82. The van der Waals surface area contributed by atoms with Crippen molar-refractivity contribution in [1.82, 2.24) is 5.32 Å². The molecule has 1 N–H and O–H groups in total. The standard InChI is InChI=1S/C28H42N2O3/c1-5-6-7-8-9-10-11-12-13-16-21-33-26-19-18-24(22-27(26)32-4)23(2)29-28(31)25-17-14-15-20-30(25)3/h14-15,17-20,22-23H,5-13,16,21H2,1-4H3/p+1. The minimum atomic E-state index is -0.150. The molecule has 2 aromatic rings. The predicted octanol–water partition coefficient (Wildman–Crippen LogP) is 6.31. The van der Waals surface area contributed by atoms with Crippen LogP contribution in [0.4, 0.5) is 0 Å². The lowest BCUT2D eigenvalue weighted by Crippen LogP contribution is -2.40. The summed E-state index contributed by atoms with van der Waals surface area (Å²) < 4.78 is 13.4. The third-order valence-electron chi connectivity index (χ3n) is 6.08. The molecule has 5 nitrogen and oxygen atoms in total. The number of rotatable bonds is 16. The Morgan fingerprint density at radius 1 is 0.939 bits per heavy atom. The largest absolute Gasteiger partial charge is 0.493 e. The number of unbranched alkanes of at least 4 members (excludes halogenated alkanes) is 9. The van der Waals surface area contributed by atoms with Gasteiger partial charge in [0.05, 0.1) is 19.8 Å². The number of aryl methyl sites for hydroxylation is 1. The summed E-state index contributed by atoms with van der Waals surface area (Å²) in [5.74, 6) is 1.35. The van der Waals surface area contributed by atoms with Crippen LogP contribution in [0.25, 0.3) is 0 Å². The van der Waals surface area contributed by atoms with Gasteiger partial charge in [-0.1, -0.05) is 70.8 Å². The number of benzene rings is 1. The maximum atomic E-state index is 12.6. The summed E-state index contributed by atoms with van der Waals surface area (Å²) in [4.78, 5) is 12.6. The van der Waals surface area contributed by atoms with Gasteiger partial charge >= 0.3 is 5.91 Å². The molecule has 0 saturated heterocycles. The molecule has 0 aliphatic heterocycles. The second kappa shape index (κ2) is 15.3. The van der Waals surface area contributed by atoms with Crippen molar-refractivity contribution >= 4 is 5.91 Å². The Balaban J connectivity index is 1.74. The number of methoxy groups -OCH3 is 1. The lowest BCUT2D eigenvalue weighted by Gasteiger charge is -2.17. The van der Waals surface area contributed by atoms with Crippen molar-refractivity contribution in [3.05, 3.63) is 53.9 Å². The maximum absolute atomic E-state index is 12.6. The van der Waals surface area contributed by atoms with E-state index in [0.29, 0.717) is 18.1 Å². The van der Waals surface area contributed by atoms with Crippen LogP contribution in [0.1, 0.15) is 100 Å². The number of amides is 1. The fourth-order valence-electron chi connectivity index (χ4n) is 3.96. The van der Waals surface area contributed by atoms with E-state index >= 15 is 0 Å². The molecule has 0 aliphatic rings. The fraction of sp³-hybridized carbons (Fsp3) is 0.571. The normalized spacial score (nSPS) is 11.8. The topological polar surface area (TPSA) is 51.4 Å². The Bertz CT molecular complexity index is 838. The number of hydrogen-bond acceptors (Lipinski definition) is 3. The molecule has 5 heteroatoms. The zero-order chi connectivity index (χ0) is 23.9. The van der Waals surface area contributed by atoms with Gasteiger partial charge in [0.2, 0.25) is 0 Å². The van der Waals surface area contributed by atoms with Gasteiger partial charge in [-0.05, 0) is 37.1 Å². The zero-order valence-corrected chi connectivity index (χ0v) is 21.1. The molecule has 1 atom stereocenters. The predicted molar refractivity (Wildman–Crippen MR) is 134 cm³/mol. The van der Waals surface area contributed by atoms with Crippen LogP contribution in [0.2, 0.25) is 0 Å². The number of pyridine rings is 1. The van der Waals surface area contributed by atoms with E-state index < -0.39 is 0 Å². The van der Waals surface area contributed by atoms with E-state index in [4.69, 9.17) is 9.47 Å². The molecule has 1 aromatic heterocycles. The van der Waals surface area contributed by atoms with Crippen LogP contribution < -0.4 is 19.4 Å². The van der Waals surface area contributed by atoms with Crippen LogP contribution in [-0.2, 0) is 7.05 Å². The zero-order valence-electron chi connectivity index (χ0n) is 21.1. The first-order valence-corrected chi connectivity index (χ1v) is 12.6. The average molecular weight is 456 g/mol. The van der Waals surface area contributed by atoms with Gasteiger partial charge in [-0.25, -0.2) is 0 Å². The van der Waals surface area contributed by atoms with E-state index in [9.17, 15) is 4.79 Å². The van der Waals surface area contributed by atoms with E-state index in [-0.39, 0.29) is 11.9 Å². The van der Waals surface area contributed by atoms with Gasteiger partial charge in [0.25, 0.3) is 5.69 Å². The number of aromatic nitrogens is 1. The molecule has 2 rings (SSSR count). The van der Waals surface area contributed by atoms with Gasteiger partial charge in [0, 0.05) is 12.1 Å². The summed E-state index contributed by atoms with van der Waals surface area (Å²) in [6.45, 7) is 4.93. The van der Waals surface area contributed by atoms with Crippen molar-refractivity contribution < 1.29 is 18.8 Å². The van der Waals surface area contributed by atoms with Crippen LogP contribution in [-0.4, -0.2) is 19.6 Å². The Labute approximate surface area is 200 Å². The van der Waals surface area contributed by atoms with Gasteiger partial charge in [-0.3, -0.25) is 4.79 Å². The Kier molecular flexibility index (Phi) is 12.4. The van der Waals surface area contributed by atoms with E-state index in [1.54, 1.807) is 7.11 Å². The van der Waals surface area contributed by atoms with Crippen LogP contribution in [0, 0.1) is 0 Å². The minimum Gasteiger partial charge on any atom is -0.493 e. The van der Waals surface area contributed by atoms with E-state index in [0.717, 1.165) is 17.7 Å². The number of nitrogens with zero attached hydrogens (tertiary/aromatic N) is 1. The van der Waals surface area contributed by atoms with Gasteiger partial charge in [-0.2, -0.15) is 4.57 Å². The SMILES string of the molecule is CCCCCCCCCCCCOc1ccc(C(C)NC(=O)c2cccc[n+]2C)cc1OC. The van der Waals surface area contributed by atoms with Crippen molar-refractivity contribution in [2.45, 2.75) is 84.1 Å². The molecule has 33 heavy (non-hydrogen) atoms. The second-order valence-corrected chi connectivity index (χ2v) is 8.83. The van der Waals surface area contributed by atoms with Crippen molar-refractivity contribution in [1.29, 1.82) is 0 Å². The molecule has 1 amide bonds. The molecule has 0 saturated carbocycles. The minimum absolute atomic E-state index is 0.106. The quantitative estimate of drug-likeness (QED) is 0.238. The summed E-state index contributed by atoms with van der Waals surface area (Å²) in [6, 6.07) is 11.3. The molecule has 0 radical (unpaired) electrons. The molecule has 1 aromatic carbocycles. The van der Waals surface area contributed by atoms with Crippen LogP contribution in [0.3, 0.4) is 0 Å². The Hall–Kier alpha value is -2.56. The van der Waals surface area contributed by atoms with Crippen molar-refractivity contribution in [3.8, 4) is 11.5 Å². The highest BCUT2D eigenvalue weighted by Crippen LogP contribution is 2.30. The summed E-state index contributed by atoms with van der Waals surface area (Å²) >= 11 is 0. The lowest BCUT2D eigenvalue weighted by atomic mass is 10.1. The first-order chi connectivity index (χ1) is 16.1. The third-order valence-corrected chi connectivity index (χ3v) is 6.08. The molecule has 0 fully saturated rings.